The van der Waals surface area contributed by atoms with E-state index in [2.05, 4.69) is 463 Å². The van der Waals surface area contributed by atoms with Gasteiger partial charge in [-0.15, -0.1) is 0 Å². The second kappa shape index (κ2) is 28.5. The summed E-state index contributed by atoms with van der Waals surface area (Å²) in [4.78, 5) is 5.51. The van der Waals surface area contributed by atoms with Crippen LogP contribution in [0, 0.1) is 0 Å². The molecule has 0 radical (unpaired) electrons. The molecule has 0 saturated carbocycles. The lowest BCUT2D eigenvalue weighted by atomic mass is 9.33. The van der Waals surface area contributed by atoms with Gasteiger partial charge in [-0.25, -0.2) is 0 Å². The number of aromatic nitrogens is 2. The molecule has 118 heavy (non-hydrogen) atoms. The van der Waals surface area contributed by atoms with Crippen molar-refractivity contribution in [2.24, 2.45) is 0 Å². The van der Waals surface area contributed by atoms with Crippen LogP contribution in [0.3, 0.4) is 0 Å². The quantitative estimate of drug-likeness (QED) is 0.107. The third kappa shape index (κ3) is 12.2. The summed E-state index contributed by atoms with van der Waals surface area (Å²) in [5.41, 5.74) is 39.0. The molecule has 0 atom stereocenters. The fourth-order valence-electron chi connectivity index (χ4n) is 19.0. The summed E-state index contributed by atoms with van der Waals surface area (Å²) in [6.45, 7) is 18.7. The number of anilines is 6. The van der Waals surface area contributed by atoms with Crippen molar-refractivity contribution in [3.8, 4) is 100 Å². The number of rotatable bonds is 13. The lowest BCUT2D eigenvalue weighted by molar-refractivity contribution is 0.590. The summed E-state index contributed by atoms with van der Waals surface area (Å²) in [6.07, 6.45) is 0. The van der Waals surface area contributed by atoms with E-state index in [1.807, 2.05) is 0 Å². The molecule has 2 aliphatic heterocycles. The summed E-state index contributed by atoms with van der Waals surface area (Å²) in [5.74, 6) is 0.0821. The van der Waals surface area contributed by atoms with Crippen LogP contribution < -0.4 is 26.2 Å². The number of nitrogens with zero attached hydrogens (tertiary/aromatic N) is 4. The topological polar surface area (TPSA) is 16.3 Å². The number of para-hydroxylation sites is 4. The van der Waals surface area contributed by atoms with E-state index in [0.29, 0.717) is 0 Å². The van der Waals surface area contributed by atoms with Gasteiger partial charge in [-0.3, -0.25) is 0 Å². The van der Waals surface area contributed by atoms with Gasteiger partial charge >= 0.3 is 0 Å². The van der Waals surface area contributed by atoms with Crippen LogP contribution in [0.15, 0.2) is 388 Å². The third-order valence-electron chi connectivity index (χ3n) is 24.9. The zero-order valence-electron chi connectivity index (χ0n) is 67.9. The van der Waals surface area contributed by atoms with E-state index >= 15 is 0 Å². The average molecular weight is 1510 g/mol. The molecule has 2 aromatic heterocycles. The highest BCUT2D eigenvalue weighted by atomic mass is 15.2. The van der Waals surface area contributed by atoms with Gasteiger partial charge in [0, 0.05) is 77.9 Å². The largest absolute Gasteiger partial charge is 0.310 e. The Labute approximate surface area is 692 Å². The first-order valence-corrected chi connectivity index (χ1v) is 41.7. The van der Waals surface area contributed by atoms with Crippen molar-refractivity contribution in [2.75, 3.05) is 9.80 Å². The maximum absolute atomic E-state index is 2.76. The Morgan fingerprint density at radius 2 is 0.508 bits per heavy atom. The van der Waals surface area contributed by atoms with Crippen LogP contribution in [-0.2, 0) is 10.8 Å². The van der Waals surface area contributed by atoms with E-state index in [4.69, 9.17) is 0 Å². The van der Waals surface area contributed by atoms with Crippen molar-refractivity contribution in [1.82, 2.24) is 9.13 Å². The normalized spacial score (nSPS) is 12.6. The Morgan fingerprint density at radius 3 is 0.831 bits per heavy atom. The van der Waals surface area contributed by atoms with Crippen LogP contribution in [0.25, 0.3) is 144 Å². The molecule has 5 heteroatoms. The first-order valence-electron chi connectivity index (χ1n) is 41.7. The molecule has 0 amide bonds. The minimum Gasteiger partial charge on any atom is -0.310 e. The molecule has 2 aliphatic rings. The van der Waals surface area contributed by atoms with Gasteiger partial charge in [0.25, 0.3) is 6.71 Å². The van der Waals surface area contributed by atoms with Crippen molar-refractivity contribution in [1.29, 1.82) is 0 Å². The number of hydrogen-bond acceptors (Lipinski definition) is 2. The number of fused-ring (bicyclic) bond motifs is 10. The first-order chi connectivity index (χ1) is 57.6. The smallest absolute Gasteiger partial charge is 0.252 e. The van der Waals surface area contributed by atoms with Gasteiger partial charge in [-0.05, 0) is 226 Å². The van der Waals surface area contributed by atoms with Crippen LogP contribution >= 0.6 is 0 Å². The predicted octanol–water partition coefficient (Wildman–Crippen LogP) is 29.0. The third-order valence-corrected chi connectivity index (χ3v) is 24.9. The number of benzene rings is 17. The molecule has 564 valence electrons. The van der Waals surface area contributed by atoms with Crippen LogP contribution in [0.5, 0.6) is 0 Å². The minimum absolute atomic E-state index is 0.0821. The van der Waals surface area contributed by atoms with Gasteiger partial charge in [0.1, 0.15) is 0 Å². The van der Waals surface area contributed by atoms with Gasteiger partial charge in [0.2, 0.25) is 0 Å². The zero-order chi connectivity index (χ0) is 79.7. The lowest BCUT2D eigenvalue weighted by Crippen LogP contribution is -2.61. The predicted molar refractivity (Wildman–Crippen MR) is 504 cm³/mol. The molecule has 0 N–H and O–H groups in total. The highest BCUT2D eigenvalue weighted by molar-refractivity contribution is 7.00. The van der Waals surface area contributed by atoms with E-state index in [-0.39, 0.29) is 23.5 Å². The van der Waals surface area contributed by atoms with Gasteiger partial charge in [-0.1, -0.05) is 334 Å². The van der Waals surface area contributed by atoms with Gasteiger partial charge in [0.05, 0.1) is 33.4 Å². The Kier molecular flexibility index (Phi) is 17.3. The molecule has 19 aromatic rings. The molecule has 4 nitrogen and oxygen atoms in total. The maximum Gasteiger partial charge on any atom is 0.252 e. The van der Waals surface area contributed by atoms with Crippen molar-refractivity contribution in [3.63, 3.8) is 0 Å². The SMILES string of the molecule is CC(C)c1cc2c3c(c1)N(c1c(-c4ccccc4)cc(C(C)(C)C)cc1-c1cccc(-c4cccc(-c5ccccc5)c4)c1)c1cc(-n4c5ccccc5c5ccccc54)ccc1B3c1ccc(-n3c4ccccc4c4ccccc43)cc1N2c1c(-c2ccccc2)cc(C(C)(C)C)cc1-c1cccc(-c2cccc(-c3ccccc3)c2)c1. The Morgan fingerprint density at radius 1 is 0.237 bits per heavy atom. The summed E-state index contributed by atoms with van der Waals surface area (Å²) in [6, 6.07) is 147. The highest BCUT2D eigenvalue weighted by Gasteiger charge is 2.46. The highest BCUT2D eigenvalue weighted by Crippen LogP contribution is 2.56. The van der Waals surface area contributed by atoms with Crippen molar-refractivity contribution in [3.05, 3.63) is 405 Å². The zero-order valence-corrected chi connectivity index (χ0v) is 67.9. The lowest BCUT2D eigenvalue weighted by Gasteiger charge is -2.46. The Bertz CT molecular complexity index is 6650. The van der Waals surface area contributed by atoms with Crippen LogP contribution in [0.2, 0.25) is 0 Å². The molecule has 17 aromatic carbocycles. The van der Waals surface area contributed by atoms with E-state index in [0.717, 1.165) is 134 Å². The Balaban J connectivity index is 0.912. The summed E-state index contributed by atoms with van der Waals surface area (Å²) < 4.78 is 5.03. The van der Waals surface area contributed by atoms with Gasteiger partial charge in [0.15, 0.2) is 0 Å². The van der Waals surface area contributed by atoms with Gasteiger partial charge in [-0.2, -0.15) is 0 Å². The molecule has 21 rings (SSSR count). The van der Waals surface area contributed by atoms with Crippen LogP contribution in [0.1, 0.15) is 78.0 Å². The molecule has 0 saturated heterocycles. The fraction of sp³-hybridized carbons (Fsp3) is 0.0973. The van der Waals surface area contributed by atoms with Crippen molar-refractivity contribution < 1.29 is 0 Å². The van der Waals surface area contributed by atoms with E-state index < -0.39 is 0 Å². The average Bonchev–Trinajstić information content (AvgIpc) is 0.703. The van der Waals surface area contributed by atoms with Crippen LogP contribution in [-0.4, -0.2) is 15.8 Å². The minimum atomic E-state index is -0.279. The summed E-state index contributed by atoms with van der Waals surface area (Å²) in [7, 11) is 0. The Hall–Kier alpha value is -14.0. The molecule has 4 heterocycles. The maximum atomic E-state index is 2.76. The molecular weight excluding hydrogens is 1420 g/mol. The molecular formula is C113H89BN4. The van der Waals surface area contributed by atoms with E-state index in [1.54, 1.807) is 0 Å². The standard InChI is InChI=1S/C113H89BN4/c1-73(2)86-65-107-109-108(66-86)118(111-96(77-39-19-12-20-40-77)68-88(113(6,7)8)70-98(111)85-48-32-46-83(64-85)81-44-30-42-79(62-81)75-35-15-10-16-36-75)106-72-90(116-103-55-27-23-51-93(103)94-52-24-28-56-104(94)116)58-60-100(106)114(109)99-59-57-89(115-101-53-25-21-49-91(101)92-50-22-26-54-102(92)115)71-105(99)117(107)110-95(76-37-17-11-18-38-76)67-87(112(3,4)5)69-97(110)84-47-31-45-82(63-84)80-43-29-41-78(61-80)74-33-13-9-14-34-74/h9-73H,1-8H3. The van der Waals surface area contributed by atoms with Crippen molar-refractivity contribution >= 4 is 101 Å². The molecule has 0 fully saturated rings. The summed E-state index contributed by atoms with van der Waals surface area (Å²) in [5, 5.41) is 4.89. The molecule has 0 bridgehead atoms. The second-order valence-electron chi connectivity index (χ2n) is 34.6. The fourth-order valence-corrected chi connectivity index (χ4v) is 19.0. The van der Waals surface area contributed by atoms with Gasteiger partial charge < -0.3 is 18.9 Å². The molecule has 0 spiro atoms. The first kappa shape index (κ1) is 71.8. The van der Waals surface area contributed by atoms with E-state index in [1.165, 1.54) is 76.9 Å². The second-order valence-corrected chi connectivity index (χ2v) is 34.6. The summed E-state index contributed by atoms with van der Waals surface area (Å²) >= 11 is 0. The molecule has 0 aliphatic carbocycles. The monoisotopic (exact) mass is 1510 g/mol. The molecule has 0 unspecified atom stereocenters. The van der Waals surface area contributed by atoms with Crippen LogP contribution in [0.4, 0.5) is 34.1 Å². The number of hydrogen-bond donors (Lipinski definition) is 0. The van der Waals surface area contributed by atoms with E-state index in [9.17, 15) is 0 Å². The van der Waals surface area contributed by atoms with Crippen molar-refractivity contribution in [2.45, 2.75) is 72.1 Å².